The summed E-state index contributed by atoms with van der Waals surface area (Å²) in [6.07, 6.45) is 3.46. The van der Waals surface area contributed by atoms with E-state index in [9.17, 15) is 8.42 Å². The molecular weight excluding hydrogens is 400 g/mol. The van der Waals surface area contributed by atoms with Crippen molar-refractivity contribution in [2.75, 3.05) is 18.9 Å². The Labute approximate surface area is 177 Å². The number of aromatic nitrogens is 3. The lowest BCUT2D eigenvalue weighted by molar-refractivity contribution is 0.0611. The van der Waals surface area contributed by atoms with Crippen molar-refractivity contribution in [3.63, 3.8) is 0 Å². The SMILES string of the molecule is CC(C)(C)c1nc2cc(S(=O)(=O)c3ccnc(N)c3)ccc2n1CC1CCOCC1. The molecule has 7 nitrogen and oxygen atoms in total. The van der Waals surface area contributed by atoms with Crippen LogP contribution >= 0.6 is 0 Å². The van der Waals surface area contributed by atoms with Gasteiger partial charge in [0.1, 0.15) is 11.6 Å². The van der Waals surface area contributed by atoms with Crippen LogP contribution in [0.4, 0.5) is 5.82 Å². The summed E-state index contributed by atoms with van der Waals surface area (Å²) in [6.45, 7) is 8.84. The normalized spacial score (nSPS) is 16.2. The third kappa shape index (κ3) is 3.94. The lowest BCUT2D eigenvalue weighted by Gasteiger charge is -2.26. The smallest absolute Gasteiger partial charge is 0.206 e. The van der Waals surface area contributed by atoms with E-state index in [1.165, 1.54) is 18.3 Å². The van der Waals surface area contributed by atoms with Gasteiger partial charge in [-0.1, -0.05) is 20.8 Å². The minimum Gasteiger partial charge on any atom is -0.384 e. The third-order valence-corrected chi connectivity index (χ3v) is 7.29. The summed E-state index contributed by atoms with van der Waals surface area (Å²) >= 11 is 0. The number of nitrogens with zero attached hydrogens (tertiary/aromatic N) is 3. The number of hydrogen-bond acceptors (Lipinski definition) is 6. The molecule has 2 aromatic heterocycles. The van der Waals surface area contributed by atoms with Gasteiger partial charge in [0.05, 0.1) is 20.8 Å². The Kier molecular flexibility index (Phi) is 5.32. The van der Waals surface area contributed by atoms with Crippen LogP contribution in [0.2, 0.25) is 0 Å². The molecule has 1 saturated heterocycles. The third-order valence-electron chi connectivity index (χ3n) is 5.55. The average Bonchev–Trinajstić information content (AvgIpc) is 3.07. The molecule has 160 valence electrons. The number of nitrogen functional groups attached to an aromatic ring is 1. The minimum absolute atomic E-state index is 0.132. The molecule has 1 aliphatic rings. The summed E-state index contributed by atoms with van der Waals surface area (Å²) in [6, 6.07) is 8.03. The Hall–Kier alpha value is -2.45. The first-order chi connectivity index (χ1) is 14.2. The van der Waals surface area contributed by atoms with Gasteiger partial charge in [-0.25, -0.2) is 18.4 Å². The molecule has 1 aromatic carbocycles. The largest absolute Gasteiger partial charge is 0.384 e. The Bertz CT molecular complexity index is 1170. The average molecular weight is 429 g/mol. The summed E-state index contributed by atoms with van der Waals surface area (Å²) in [7, 11) is -3.70. The molecule has 0 radical (unpaired) electrons. The highest BCUT2D eigenvalue weighted by Crippen LogP contribution is 2.31. The van der Waals surface area contributed by atoms with Crippen LogP contribution in [0.5, 0.6) is 0 Å². The number of rotatable bonds is 4. The van der Waals surface area contributed by atoms with Gasteiger partial charge in [-0.15, -0.1) is 0 Å². The van der Waals surface area contributed by atoms with Crippen LogP contribution in [0.3, 0.4) is 0 Å². The van der Waals surface area contributed by atoms with Crippen LogP contribution in [0.15, 0.2) is 46.3 Å². The summed E-state index contributed by atoms with van der Waals surface area (Å²) in [5, 5.41) is 0. The van der Waals surface area contributed by atoms with Gasteiger partial charge in [0, 0.05) is 31.4 Å². The number of benzene rings is 1. The molecule has 3 heterocycles. The Balaban J connectivity index is 1.80. The zero-order chi connectivity index (χ0) is 21.5. The molecule has 2 N–H and O–H groups in total. The van der Waals surface area contributed by atoms with Crippen molar-refractivity contribution >= 4 is 26.7 Å². The predicted octanol–water partition coefficient (Wildman–Crippen LogP) is 3.57. The maximum absolute atomic E-state index is 13.1. The monoisotopic (exact) mass is 428 g/mol. The fourth-order valence-corrected chi connectivity index (χ4v) is 5.25. The second-order valence-electron chi connectivity index (χ2n) is 8.92. The molecule has 0 aliphatic carbocycles. The predicted molar refractivity (Wildman–Crippen MR) is 116 cm³/mol. The maximum Gasteiger partial charge on any atom is 0.206 e. The lowest BCUT2D eigenvalue weighted by Crippen LogP contribution is -2.25. The van der Waals surface area contributed by atoms with E-state index in [2.05, 4.69) is 30.3 Å². The lowest BCUT2D eigenvalue weighted by atomic mass is 9.94. The number of anilines is 1. The zero-order valence-electron chi connectivity index (χ0n) is 17.6. The molecular formula is C22H28N4O3S. The fraction of sp³-hybridized carbons (Fsp3) is 0.455. The van der Waals surface area contributed by atoms with E-state index in [0.29, 0.717) is 11.4 Å². The van der Waals surface area contributed by atoms with Crippen molar-refractivity contribution < 1.29 is 13.2 Å². The molecule has 0 amide bonds. The van der Waals surface area contributed by atoms with Gasteiger partial charge in [-0.3, -0.25) is 0 Å². The van der Waals surface area contributed by atoms with Crippen LogP contribution in [0.1, 0.15) is 39.4 Å². The van der Waals surface area contributed by atoms with E-state index in [0.717, 1.165) is 43.9 Å². The van der Waals surface area contributed by atoms with E-state index >= 15 is 0 Å². The van der Waals surface area contributed by atoms with Crippen LogP contribution in [-0.2, 0) is 26.5 Å². The standard InChI is InChI=1S/C22H28N4O3S/c1-22(2,3)21-25-18-12-16(30(27,28)17-6-9-24-20(23)13-17)4-5-19(18)26(21)14-15-7-10-29-11-8-15/h4-6,9,12-13,15H,7-8,10-11,14H2,1-3H3,(H2,23,24). The number of ether oxygens (including phenoxy) is 1. The Morgan fingerprint density at radius 3 is 2.50 bits per heavy atom. The Morgan fingerprint density at radius 1 is 1.13 bits per heavy atom. The van der Waals surface area contributed by atoms with Gasteiger partial charge in [-0.2, -0.15) is 0 Å². The van der Waals surface area contributed by atoms with Crippen LogP contribution in [0, 0.1) is 5.92 Å². The molecule has 1 aliphatic heterocycles. The number of imidazole rings is 1. The van der Waals surface area contributed by atoms with Gasteiger partial charge in [0.15, 0.2) is 0 Å². The Morgan fingerprint density at radius 2 is 1.83 bits per heavy atom. The van der Waals surface area contributed by atoms with Crippen molar-refractivity contribution in [2.24, 2.45) is 5.92 Å². The topological polar surface area (TPSA) is 100 Å². The van der Waals surface area contributed by atoms with Crippen LogP contribution in [0.25, 0.3) is 11.0 Å². The van der Waals surface area contributed by atoms with Crippen molar-refractivity contribution in [3.05, 3.63) is 42.4 Å². The highest BCUT2D eigenvalue weighted by Gasteiger charge is 2.27. The number of sulfone groups is 1. The molecule has 0 saturated carbocycles. The van der Waals surface area contributed by atoms with E-state index < -0.39 is 9.84 Å². The molecule has 1 fully saturated rings. The van der Waals surface area contributed by atoms with Crippen LogP contribution < -0.4 is 5.73 Å². The quantitative estimate of drug-likeness (QED) is 0.682. The summed E-state index contributed by atoms with van der Waals surface area (Å²) in [5.41, 5.74) is 7.17. The van der Waals surface area contributed by atoms with E-state index in [1.54, 1.807) is 12.1 Å². The first-order valence-electron chi connectivity index (χ1n) is 10.2. The summed E-state index contributed by atoms with van der Waals surface area (Å²) in [4.78, 5) is 9.09. The van der Waals surface area contributed by atoms with Gasteiger partial charge < -0.3 is 15.0 Å². The van der Waals surface area contributed by atoms with Crippen molar-refractivity contribution in [3.8, 4) is 0 Å². The second-order valence-corrected chi connectivity index (χ2v) is 10.9. The number of nitrogens with two attached hydrogens (primary N) is 1. The summed E-state index contributed by atoms with van der Waals surface area (Å²) < 4.78 is 34.0. The fourth-order valence-electron chi connectivity index (χ4n) is 3.95. The molecule has 3 aromatic rings. The summed E-state index contributed by atoms with van der Waals surface area (Å²) in [5.74, 6) is 1.67. The van der Waals surface area contributed by atoms with Gasteiger partial charge in [0.25, 0.3) is 0 Å². The number of fused-ring (bicyclic) bond motifs is 1. The van der Waals surface area contributed by atoms with Gasteiger partial charge >= 0.3 is 0 Å². The molecule has 0 bridgehead atoms. The van der Waals surface area contributed by atoms with E-state index in [-0.39, 0.29) is 21.0 Å². The van der Waals surface area contributed by atoms with Gasteiger partial charge in [-0.05, 0) is 49.1 Å². The zero-order valence-corrected chi connectivity index (χ0v) is 18.4. The minimum atomic E-state index is -3.70. The van der Waals surface area contributed by atoms with Crippen molar-refractivity contribution in [2.45, 2.75) is 55.4 Å². The molecule has 0 spiro atoms. The maximum atomic E-state index is 13.1. The first-order valence-corrected chi connectivity index (χ1v) is 11.7. The second kappa shape index (κ2) is 7.67. The van der Waals surface area contributed by atoms with E-state index in [4.69, 9.17) is 15.5 Å². The molecule has 0 atom stereocenters. The van der Waals surface area contributed by atoms with Crippen molar-refractivity contribution in [1.82, 2.24) is 14.5 Å². The van der Waals surface area contributed by atoms with Crippen molar-refractivity contribution in [1.29, 1.82) is 0 Å². The first kappa shape index (κ1) is 20.8. The molecule has 4 rings (SSSR count). The molecule has 8 heteroatoms. The molecule has 0 unspecified atom stereocenters. The highest BCUT2D eigenvalue weighted by atomic mass is 32.2. The number of hydrogen-bond donors (Lipinski definition) is 1. The van der Waals surface area contributed by atoms with Gasteiger partial charge in [0.2, 0.25) is 9.84 Å². The molecule has 30 heavy (non-hydrogen) atoms. The highest BCUT2D eigenvalue weighted by molar-refractivity contribution is 7.91. The van der Waals surface area contributed by atoms with E-state index in [1.807, 2.05) is 6.07 Å². The number of pyridine rings is 1. The van der Waals surface area contributed by atoms with Crippen LogP contribution in [-0.4, -0.2) is 36.2 Å².